The van der Waals surface area contributed by atoms with Crippen LogP contribution in [0.3, 0.4) is 0 Å². The van der Waals surface area contributed by atoms with Crippen LogP contribution >= 0.6 is 0 Å². The number of hydrogen-bond acceptors (Lipinski definition) is 3. The molecule has 1 saturated heterocycles. The van der Waals surface area contributed by atoms with Crippen molar-refractivity contribution in [2.75, 3.05) is 33.2 Å². The first-order valence-corrected chi connectivity index (χ1v) is 8.85. The molecule has 0 spiro atoms. The molecule has 0 radical (unpaired) electrons. The minimum absolute atomic E-state index is 0.657. The van der Waals surface area contributed by atoms with Crippen LogP contribution in [-0.2, 0) is 0 Å². The van der Waals surface area contributed by atoms with Gasteiger partial charge in [-0.1, -0.05) is 34.1 Å². The second-order valence-electron chi connectivity index (χ2n) is 6.26. The SMILES string of the molecule is CCCC(NCC)C(CC)N(C)C1CCN(CC)CC1. The van der Waals surface area contributed by atoms with Crippen molar-refractivity contribution in [2.24, 2.45) is 0 Å². The third-order valence-electron chi connectivity index (χ3n) is 5.05. The summed E-state index contributed by atoms with van der Waals surface area (Å²) in [6.45, 7) is 14.0. The molecular formula is C17H37N3. The van der Waals surface area contributed by atoms with Crippen LogP contribution in [0, 0.1) is 0 Å². The molecule has 0 aromatic heterocycles. The Labute approximate surface area is 127 Å². The van der Waals surface area contributed by atoms with Crippen molar-refractivity contribution in [1.29, 1.82) is 0 Å². The highest BCUT2D eigenvalue weighted by molar-refractivity contribution is 4.87. The van der Waals surface area contributed by atoms with Gasteiger partial charge < -0.3 is 10.2 Å². The van der Waals surface area contributed by atoms with Gasteiger partial charge in [0.05, 0.1) is 0 Å². The Balaban J connectivity index is 2.58. The minimum Gasteiger partial charge on any atom is -0.313 e. The topological polar surface area (TPSA) is 18.5 Å². The molecule has 1 heterocycles. The molecule has 20 heavy (non-hydrogen) atoms. The second-order valence-corrected chi connectivity index (χ2v) is 6.26. The molecule has 3 nitrogen and oxygen atoms in total. The molecule has 0 saturated carbocycles. The summed E-state index contributed by atoms with van der Waals surface area (Å²) in [5.41, 5.74) is 0. The normalized spacial score (nSPS) is 21.3. The number of nitrogens with zero attached hydrogens (tertiary/aromatic N) is 2. The highest BCUT2D eigenvalue weighted by atomic mass is 15.2. The van der Waals surface area contributed by atoms with Gasteiger partial charge in [-0.05, 0) is 58.9 Å². The first-order chi connectivity index (χ1) is 9.67. The minimum atomic E-state index is 0.657. The molecule has 1 aliphatic rings. The molecule has 0 aromatic carbocycles. The Morgan fingerprint density at radius 2 is 1.80 bits per heavy atom. The van der Waals surface area contributed by atoms with Crippen LogP contribution < -0.4 is 5.32 Å². The van der Waals surface area contributed by atoms with Gasteiger partial charge in [0.25, 0.3) is 0 Å². The van der Waals surface area contributed by atoms with E-state index in [1.165, 1.54) is 51.7 Å². The molecule has 0 aromatic rings. The van der Waals surface area contributed by atoms with Crippen molar-refractivity contribution in [3.8, 4) is 0 Å². The Hall–Kier alpha value is -0.120. The summed E-state index contributed by atoms with van der Waals surface area (Å²) in [5, 5.41) is 3.72. The van der Waals surface area contributed by atoms with Gasteiger partial charge in [0.1, 0.15) is 0 Å². The molecule has 2 unspecified atom stereocenters. The fourth-order valence-electron chi connectivity index (χ4n) is 3.77. The number of piperidine rings is 1. The molecule has 3 heteroatoms. The van der Waals surface area contributed by atoms with Crippen molar-refractivity contribution in [2.45, 2.75) is 77.9 Å². The number of hydrogen-bond donors (Lipinski definition) is 1. The molecule has 1 fully saturated rings. The fraction of sp³-hybridized carbons (Fsp3) is 1.00. The van der Waals surface area contributed by atoms with Crippen LogP contribution in [0.2, 0.25) is 0 Å². The highest BCUT2D eigenvalue weighted by Gasteiger charge is 2.29. The summed E-state index contributed by atoms with van der Waals surface area (Å²) >= 11 is 0. The van der Waals surface area contributed by atoms with Gasteiger partial charge in [-0.15, -0.1) is 0 Å². The summed E-state index contributed by atoms with van der Waals surface area (Å²) in [7, 11) is 2.36. The quantitative estimate of drug-likeness (QED) is 0.702. The zero-order valence-electron chi connectivity index (χ0n) is 14.5. The van der Waals surface area contributed by atoms with Gasteiger partial charge in [0.2, 0.25) is 0 Å². The van der Waals surface area contributed by atoms with Gasteiger partial charge in [0, 0.05) is 18.1 Å². The standard InChI is InChI=1S/C17H37N3/c1-6-10-16(18-8-3)17(7-2)19(5)15-11-13-20(9-4)14-12-15/h15-18H,6-14H2,1-5H3. The van der Waals surface area contributed by atoms with Gasteiger partial charge in [-0.3, -0.25) is 4.90 Å². The van der Waals surface area contributed by atoms with Gasteiger partial charge in [0.15, 0.2) is 0 Å². The summed E-state index contributed by atoms with van der Waals surface area (Å²) in [6, 6.07) is 2.12. The van der Waals surface area contributed by atoms with Crippen molar-refractivity contribution >= 4 is 0 Å². The predicted molar refractivity (Wildman–Crippen MR) is 89.4 cm³/mol. The number of nitrogens with one attached hydrogen (secondary N) is 1. The number of likely N-dealkylation sites (tertiary alicyclic amines) is 1. The maximum absolute atomic E-state index is 3.72. The zero-order valence-corrected chi connectivity index (χ0v) is 14.5. The molecule has 1 rings (SSSR count). The zero-order chi connectivity index (χ0) is 15.0. The van der Waals surface area contributed by atoms with Crippen LogP contribution in [0.5, 0.6) is 0 Å². The van der Waals surface area contributed by atoms with E-state index in [9.17, 15) is 0 Å². The average molecular weight is 284 g/mol. The van der Waals surface area contributed by atoms with E-state index in [0.29, 0.717) is 12.1 Å². The Kier molecular flexibility index (Phi) is 8.74. The lowest BCUT2D eigenvalue weighted by Gasteiger charge is -2.43. The lowest BCUT2D eigenvalue weighted by Crippen LogP contribution is -2.54. The Morgan fingerprint density at radius 3 is 2.25 bits per heavy atom. The van der Waals surface area contributed by atoms with Crippen LogP contribution in [0.1, 0.15) is 59.8 Å². The first kappa shape index (κ1) is 17.9. The Morgan fingerprint density at radius 1 is 1.15 bits per heavy atom. The third kappa shape index (κ3) is 5.01. The molecular weight excluding hydrogens is 246 g/mol. The average Bonchev–Trinajstić information content (AvgIpc) is 2.48. The predicted octanol–water partition coefficient (Wildman–Crippen LogP) is 2.96. The molecule has 0 amide bonds. The maximum Gasteiger partial charge on any atom is 0.0246 e. The van der Waals surface area contributed by atoms with Crippen molar-refractivity contribution < 1.29 is 0 Å². The van der Waals surface area contributed by atoms with Gasteiger partial charge in [-0.25, -0.2) is 0 Å². The monoisotopic (exact) mass is 283 g/mol. The van der Waals surface area contributed by atoms with Crippen LogP contribution in [-0.4, -0.2) is 61.2 Å². The van der Waals surface area contributed by atoms with E-state index >= 15 is 0 Å². The number of rotatable bonds is 9. The molecule has 0 aliphatic carbocycles. The molecule has 120 valence electrons. The lowest BCUT2D eigenvalue weighted by atomic mass is 9.95. The van der Waals surface area contributed by atoms with Crippen LogP contribution in [0.4, 0.5) is 0 Å². The maximum atomic E-state index is 3.72. The van der Waals surface area contributed by atoms with Crippen molar-refractivity contribution in [1.82, 2.24) is 15.1 Å². The van der Waals surface area contributed by atoms with E-state index in [-0.39, 0.29) is 0 Å². The number of likely N-dealkylation sites (N-methyl/N-ethyl adjacent to an activating group) is 2. The van der Waals surface area contributed by atoms with Gasteiger partial charge in [-0.2, -0.15) is 0 Å². The van der Waals surface area contributed by atoms with E-state index in [2.05, 4.69) is 49.9 Å². The van der Waals surface area contributed by atoms with E-state index in [1.807, 2.05) is 0 Å². The van der Waals surface area contributed by atoms with E-state index in [0.717, 1.165) is 12.6 Å². The summed E-state index contributed by atoms with van der Waals surface area (Å²) in [5.74, 6) is 0. The van der Waals surface area contributed by atoms with E-state index in [4.69, 9.17) is 0 Å². The lowest BCUT2D eigenvalue weighted by molar-refractivity contribution is 0.0774. The fourth-order valence-corrected chi connectivity index (χ4v) is 3.77. The summed E-state index contributed by atoms with van der Waals surface area (Å²) in [6.07, 6.45) is 6.50. The van der Waals surface area contributed by atoms with Crippen LogP contribution in [0.15, 0.2) is 0 Å². The van der Waals surface area contributed by atoms with E-state index < -0.39 is 0 Å². The van der Waals surface area contributed by atoms with E-state index in [1.54, 1.807) is 0 Å². The summed E-state index contributed by atoms with van der Waals surface area (Å²) in [4.78, 5) is 5.27. The summed E-state index contributed by atoms with van der Waals surface area (Å²) < 4.78 is 0. The first-order valence-electron chi connectivity index (χ1n) is 8.85. The molecule has 2 atom stereocenters. The largest absolute Gasteiger partial charge is 0.313 e. The van der Waals surface area contributed by atoms with Gasteiger partial charge >= 0.3 is 0 Å². The van der Waals surface area contributed by atoms with Crippen molar-refractivity contribution in [3.05, 3.63) is 0 Å². The highest BCUT2D eigenvalue weighted by Crippen LogP contribution is 2.21. The second kappa shape index (κ2) is 9.75. The molecule has 0 bridgehead atoms. The Bertz CT molecular complexity index is 230. The molecule has 1 N–H and O–H groups in total. The molecule has 1 aliphatic heterocycles. The van der Waals surface area contributed by atoms with Crippen molar-refractivity contribution in [3.63, 3.8) is 0 Å². The third-order valence-corrected chi connectivity index (χ3v) is 5.05. The van der Waals surface area contributed by atoms with Crippen LogP contribution in [0.25, 0.3) is 0 Å². The smallest absolute Gasteiger partial charge is 0.0246 e.